The summed E-state index contributed by atoms with van der Waals surface area (Å²) in [6, 6.07) is 0. The van der Waals surface area contributed by atoms with Crippen molar-refractivity contribution in [3.63, 3.8) is 0 Å². The summed E-state index contributed by atoms with van der Waals surface area (Å²) in [6.45, 7) is 2.55. The Kier molecular flexibility index (Phi) is 3.49. The van der Waals surface area contributed by atoms with Crippen LogP contribution in [0, 0.1) is 12.8 Å². The molecule has 2 aromatic heterocycles. The summed E-state index contributed by atoms with van der Waals surface area (Å²) in [5, 5.41) is 15.1. The van der Waals surface area contributed by atoms with Crippen LogP contribution in [0.25, 0.3) is 0 Å². The number of amides is 1. The fourth-order valence-corrected chi connectivity index (χ4v) is 2.83. The molecule has 0 radical (unpaired) electrons. The number of carbonyl (C=O) groups excluding carboxylic acids is 1. The van der Waals surface area contributed by atoms with Crippen LogP contribution in [0.15, 0.2) is 11.7 Å². The molecule has 1 N–H and O–H groups in total. The van der Waals surface area contributed by atoms with Crippen LogP contribution in [0.2, 0.25) is 0 Å². The van der Waals surface area contributed by atoms with Crippen LogP contribution in [0.1, 0.15) is 23.8 Å². The van der Waals surface area contributed by atoms with Gasteiger partial charge in [0.15, 0.2) is 0 Å². The van der Waals surface area contributed by atoms with E-state index in [2.05, 4.69) is 20.6 Å². The number of ether oxygens (including phenoxy) is 1. The van der Waals surface area contributed by atoms with Crippen molar-refractivity contribution in [2.45, 2.75) is 19.4 Å². The number of nitrogens with one attached hydrogen (secondary N) is 1. The van der Waals surface area contributed by atoms with Gasteiger partial charge in [0.2, 0.25) is 11.0 Å². The number of aryl methyl sites for hydroxylation is 1. The zero-order chi connectivity index (χ0) is 14.1. The van der Waals surface area contributed by atoms with E-state index in [0.29, 0.717) is 18.2 Å². The van der Waals surface area contributed by atoms with Crippen molar-refractivity contribution in [2.75, 3.05) is 11.9 Å². The van der Waals surface area contributed by atoms with E-state index >= 15 is 0 Å². The molecule has 106 valence electrons. The molecule has 8 heteroatoms. The number of carbonyl (C=O) groups is 1. The maximum Gasteiger partial charge on any atom is 0.232 e. The number of nitrogens with zero attached hydrogens (tertiary/aromatic N) is 4. The van der Waals surface area contributed by atoms with Gasteiger partial charge in [-0.25, -0.2) is 0 Å². The van der Waals surface area contributed by atoms with Crippen molar-refractivity contribution in [3.8, 4) is 0 Å². The first-order chi connectivity index (χ1) is 9.66. The Hall–Kier alpha value is -1.80. The zero-order valence-corrected chi connectivity index (χ0v) is 12.1. The predicted octanol–water partition coefficient (Wildman–Crippen LogP) is 1.30. The summed E-state index contributed by atoms with van der Waals surface area (Å²) in [4.78, 5) is 12.3. The minimum atomic E-state index is -0.239. The Labute approximate surface area is 120 Å². The van der Waals surface area contributed by atoms with Gasteiger partial charge in [0, 0.05) is 24.9 Å². The fourth-order valence-electron chi connectivity index (χ4n) is 2.39. The van der Waals surface area contributed by atoms with Gasteiger partial charge in [0.25, 0.3) is 0 Å². The Bertz CT molecular complexity index is 609. The molecular weight excluding hydrogens is 278 g/mol. The molecule has 7 nitrogen and oxygen atoms in total. The molecule has 0 aromatic carbocycles. The second-order valence-electron chi connectivity index (χ2n) is 4.73. The monoisotopic (exact) mass is 293 g/mol. The van der Waals surface area contributed by atoms with E-state index in [4.69, 9.17) is 4.74 Å². The van der Waals surface area contributed by atoms with Crippen molar-refractivity contribution in [3.05, 3.63) is 23.0 Å². The Morgan fingerprint density at radius 3 is 3.10 bits per heavy atom. The van der Waals surface area contributed by atoms with Crippen LogP contribution in [0.4, 0.5) is 5.13 Å². The summed E-state index contributed by atoms with van der Waals surface area (Å²) in [6.07, 6.45) is 2.23. The first-order valence-corrected chi connectivity index (χ1v) is 7.22. The van der Waals surface area contributed by atoms with Gasteiger partial charge in [-0.15, -0.1) is 10.2 Å². The van der Waals surface area contributed by atoms with E-state index in [1.54, 1.807) is 16.4 Å². The fraction of sp³-hybridized carbons (Fsp3) is 0.500. The Balaban J connectivity index is 1.78. The second kappa shape index (κ2) is 5.29. The molecule has 0 spiro atoms. The van der Waals surface area contributed by atoms with Crippen LogP contribution in [0.5, 0.6) is 0 Å². The molecule has 0 unspecified atom stereocenters. The molecular formula is C12H15N5O2S. The summed E-state index contributed by atoms with van der Waals surface area (Å²) in [5.41, 5.74) is 3.58. The molecule has 0 aliphatic carbocycles. The van der Waals surface area contributed by atoms with Gasteiger partial charge in [0.1, 0.15) is 5.51 Å². The molecule has 20 heavy (non-hydrogen) atoms. The molecule has 3 heterocycles. The van der Waals surface area contributed by atoms with Gasteiger partial charge in [-0.2, -0.15) is 5.10 Å². The normalized spacial score (nSPS) is 22.1. The zero-order valence-electron chi connectivity index (χ0n) is 11.2. The van der Waals surface area contributed by atoms with Crippen LogP contribution < -0.4 is 5.32 Å². The molecule has 1 aliphatic rings. The Morgan fingerprint density at radius 1 is 1.60 bits per heavy atom. The molecule has 2 atom stereocenters. The average Bonchev–Trinajstić information content (AvgIpc) is 3.13. The SMILES string of the molecule is Cc1c([C@H]2OCC[C@@H]2C(=O)Nc2nncs2)cnn1C. The molecule has 0 saturated carbocycles. The average molecular weight is 293 g/mol. The first-order valence-electron chi connectivity index (χ1n) is 6.34. The van der Waals surface area contributed by atoms with E-state index < -0.39 is 0 Å². The van der Waals surface area contributed by atoms with E-state index in [-0.39, 0.29) is 17.9 Å². The van der Waals surface area contributed by atoms with Gasteiger partial charge in [-0.05, 0) is 13.3 Å². The van der Waals surface area contributed by atoms with Crippen molar-refractivity contribution in [1.82, 2.24) is 20.0 Å². The molecule has 1 aliphatic heterocycles. The molecule has 2 aromatic rings. The van der Waals surface area contributed by atoms with Crippen molar-refractivity contribution >= 4 is 22.4 Å². The first kappa shape index (κ1) is 13.2. The van der Waals surface area contributed by atoms with Crippen molar-refractivity contribution < 1.29 is 9.53 Å². The van der Waals surface area contributed by atoms with Crippen LogP contribution in [-0.4, -0.2) is 32.5 Å². The molecule has 1 fully saturated rings. The highest BCUT2D eigenvalue weighted by Crippen LogP contribution is 2.36. The number of aromatic nitrogens is 4. The molecule has 1 saturated heterocycles. The predicted molar refractivity (Wildman–Crippen MR) is 73.3 cm³/mol. The summed E-state index contributed by atoms with van der Waals surface area (Å²) >= 11 is 1.30. The number of hydrogen-bond donors (Lipinski definition) is 1. The lowest BCUT2D eigenvalue weighted by Gasteiger charge is -2.17. The van der Waals surface area contributed by atoms with Gasteiger partial charge < -0.3 is 10.1 Å². The molecule has 0 bridgehead atoms. The van der Waals surface area contributed by atoms with Gasteiger partial charge in [-0.1, -0.05) is 11.3 Å². The minimum absolute atomic E-state index is 0.0764. The molecule has 1 amide bonds. The Morgan fingerprint density at radius 2 is 2.45 bits per heavy atom. The van der Waals surface area contributed by atoms with Gasteiger partial charge in [0.05, 0.1) is 18.2 Å². The largest absolute Gasteiger partial charge is 0.373 e. The lowest BCUT2D eigenvalue weighted by Crippen LogP contribution is -2.25. The van der Waals surface area contributed by atoms with E-state index in [9.17, 15) is 4.79 Å². The van der Waals surface area contributed by atoms with Gasteiger partial charge >= 0.3 is 0 Å². The second-order valence-corrected chi connectivity index (χ2v) is 5.56. The van der Waals surface area contributed by atoms with E-state index in [1.165, 1.54) is 11.3 Å². The summed E-state index contributed by atoms with van der Waals surface area (Å²) < 4.78 is 7.53. The third kappa shape index (κ3) is 2.32. The number of hydrogen-bond acceptors (Lipinski definition) is 6. The summed E-state index contributed by atoms with van der Waals surface area (Å²) in [7, 11) is 1.88. The molecule has 3 rings (SSSR count). The third-order valence-electron chi connectivity index (χ3n) is 3.60. The van der Waals surface area contributed by atoms with E-state index in [1.807, 2.05) is 14.0 Å². The standard InChI is InChI=1S/C12H15N5O2S/c1-7-9(5-14-17(7)2)10-8(3-4-19-10)11(18)15-12-16-13-6-20-12/h5-6,8,10H,3-4H2,1-2H3,(H,15,16,18)/t8-,10-/m0/s1. The lowest BCUT2D eigenvalue weighted by atomic mass is 9.95. The smallest absolute Gasteiger partial charge is 0.232 e. The van der Waals surface area contributed by atoms with Gasteiger partial charge in [-0.3, -0.25) is 9.48 Å². The topological polar surface area (TPSA) is 81.9 Å². The lowest BCUT2D eigenvalue weighted by molar-refractivity contribution is -0.121. The maximum absolute atomic E-state index is 12.3. The van der Waals surface area contributed by atoms with Crippen LogP contribution >= 0.6 is 11.3 Å². The minimum Gasteiger partial charge on any atom is -0.373 e. The highest BCUT2D eigenvalue weighted by Gasteiger charge is 2.37. The number of rotatable bonds is 3. The van der Waals surface area contributed by atoms with Crippen LogP contribution in [0.3, 0.4) is 0 Å². The van der Waals surface area contributed by atoms with Crippen molar-refractivity contribution in [1.29, 1.82) is 0 Å². The van der Waals surface area contributed by atoms with E-state index in [0.717, 1.165) is 11.3 Å². The highest BCUT2D eigenvalue weighted by molar-refractivity contribution is 7.13. The quantitative estimate of drug-likeness (QED) is 0.922. The number of anilines is 1. The highest BCUT2D eigenvalue weighted by atomic mass is 32.1. The van der Waals surface area contributed by atoms with Crippen molar-refractivity contribution in [2.24, 2.45) is 13.0 Å². The maximum atomic E-state index is 12.3. The summed E-state index contributed by atoms with van der Waals surface area (Å²) in [5.74, 6) is -0.297. The van der Waals surface area contributed by atoms with Crippen LogP contribution in [-0.2, 0) is 16.6 Å². The third-order valence-corrected chi connectivity index (χ3v) is 4.21.